The first-order chi connectivity index (χ1) is 32.8. The second-order valence-electron chi connectivity index (χ2n) is 18.5. The van der Waals surface area contributed by atoms with Crippen molar-refractivity contribution in [2.75, 3.05) is 22.6 Å². The Balaban J connectivity index is 0.000000133. The van der Waals surface area contributed by atoms with Crippen LogP contribution in [0.4, 0.5) is 0 Å². The van der Waals surface area contributed by atoms with Crippen LogP contribution in [0.2, 0.25) is 5.02 Å². The van der Waals surface area contributed by atoms with Crippen LogP contribution in [0.25, 0.3) is 66.7 Å². The number of benzene rings is 2. The van der Waals surface area contributed by atoms with Crippen LogP contribution in [0.1, 0.15) is 100 Å². The average molecular weight is 1150 g/mol. The summed E-state index contributed by atoms with van der Waals surface area (Å²) < 4.78 is 18.6. The second-order valence-corrected chi connectivity index (χ2v) is 21.5. The molecule has 5 unspecified atom stereocenters. The van der Waals surface area contributed by atoms with Gasteiger partial charge in [-0.2, -0.15) is 12.3 Å². The van der Waals surface area contributed by atoms with Crippen molar-refractivity contribution in [3.8, 4) is 22.5 Å². The fourth-order valence-corrected chi connectivity index (χ4v) is 11.8. The van der Waals surface area contributed by atoms with Crippen LogP contribution >= 0.6 is 25.2 Å². The van der Waals surface area contributed by atoms with Crippen LogP contribution in [0.5, 0.6) is 0 Å². The molecule has 11 heteroatoms. The number of aryl methyl sites for hydroxylation is 2. The first kappa shape index (κ1) is 50.1. The molecule has 348 valence electrons. The molecule has 0 radical (unpaired) electrons. The molecule has 7 heterocycles. The maximum absolute atomic E-state index is 6.18. The van der Waals surface area contributed by atoms with E-state index in [4.69, 9.17) is 30.2 Å². The number of hydrogen-bond donors (Lipinski definition) is 0. The number of halogens is 3. The van der Waals surface area contributed by atoms with Gasteiger partial charge in [0.25, 0.3) is 0 Å². The van der Waals surface area contributed by atoms with Gasteiger partial charge in [0.1, 0.15) is 11.2 Å². The van der Waals surface area contributed by atoms with Gasteiger partial charge in [0, 0.05) is 74.7 Å². The molecule has 13 rings (SSSR count). The summed E-state index contributed by atoms with van der Waals surface area (Å²) in [7, 11) is 0. The first-order valence-corrected chi connectivity index (χ1v) is 35.1. The quantitative estimate of drug-likeness (QED) is 0.0734. The van der Waals surface area contributed by atoms with Gasteiger partial charge >= 0.3 is 73.9 Å². The van der Waals surface area contributed by atoms with Crippen LogP contribution in [-0.4, -0.2) is 42.5 Å². The Labute approximate surface area is 428 Å². The third-order valence-electron chi connectivity index (χ3n) is 13.8. The number of para-hydroxylation sites is 2. The maximum atomic E-state index is 6.18. The molecule has 0 N–H and O–H groups in total. The Morgan fingerprint density at radius 1 is 0.701 bits per heavy atom. The predicted octanol–water partition coefficient (Wildman–Crippen LogP) is 13.0. The summed E-state index contributed by atoms with van der Waals surface area (Å²) in [5.74, 6) is 4.70. The summed E-state index contributed by atoms with van der Waals surface area (Å²) in [6, 6.07) is 28.6. The van der Waals surface area contributed by atoms with E-state index in [-0.39, 0.29) is 0 Å². The summed E-state index contributed by atoms with van der Waals surface area (Å²) in [5.41, 5.74) is 10.2. The Bertz CT molecular complexity index is 2840. The van der Waals surface area contributed by atoms with E-state index in [9.17, 15) is 0 Å². The van der Waals surface area contributed by atoms with Crippen molar-refractivity contribution >= 4 is 69.4 Å². The van der Waals surface area contributed by atoms with Gasteiger partial charge in [0.05, 0.1) is 11.4 Å². The molecule has 5 atom stereocenters. The van der Waals surface area contributed by atoms with Crippen LogP contribution in [0, 0.1) is 43.9 Å². The molecule has 4 aliphatic carbocycles. The Morgan fingerprint density at radius 2 is 1.31 bits per heavy atom. The van der Waals surface area contributed by atoms with Crippen molar-refractivity contribution in [1.82, 2.24) is 19.9 Å². The van der Waals surface area contributed by atoms with Crippen LogP contribution in [0.3, 0.4) is 0 Å². The molecule has 6 aromatic heterocycles. The molecular formula is C56H62BrClIN4O3Zn-. The minimum absolute atomic E-state index is 0.607. The van der Waals surface area contributed by atoms with Gasteiger partial charge in [-0.25, -0.2) is 9.97 Å². The van der Waals surface area contributed by atoms with Gasteiger partial charge in [0.2, 0.25) is 11.4 Å². The van der Waals surface area contributed by atoms with E-state index in [2.05, 4.69) is 83.2 Å². The van der Waals surface area contributed by atoms with Crippen LogP contribution < -0.4 is 21.2 Å². The summed E-state index contributed by atoms with van der Waals surface area (Å²) in [4.78, 5) is 20.4. The summed E-state index contributed by atoms with van der Waals surface area (Å²) in [5, 5.41) is 4.89. The van der Waals surface area contributed by atoms with Crippen molar-refractivity contribution < 1.29 is 51.1 Å². The normalized spacial score (nSPS) is 20.9. The van der Waals surface area contributed by atoms with E-state index in [1.165, 1.54) is 97.0 Å². The van der Waals surface area contributed by atoms with E-state index in [1.807, 2.05) is 62.5 Å². The molecular weight excluding hydrogens is 1080 g/mol. The zero-order valence-electron chi connectivity index (χ0n) is 39.5. The molecule has 1 aliphatic heterocycles. The summed E-state index contributed by atoms with van der Waals surface area (Å²) >= 11 is 10.9. The molecule has 0 spiro atoms. The zero-order valence-corrected chi connectivity index (χ0v) is 46.9. The van der Waals surface area contributed by atoms with Gasteiger partial charge in [-0.05, 0) is 130 Å². The van der Waals surface area contributed by atoms with Crippen LogP contribution in [-0.2, 0) is 21.1 Å². The summed E-state index contributed by atoms with van der Waals surface area (Å²) in [6.07, 6.45) is 21.7. The monoisotopic (exact) mass is 1140 g/mol. The molecule has 4 bridgehead atoms. The number of fused-ring (bicyclic) bond motifs is 10. The van der Waals surface area contributed by atoms with Gasteiger partial charge in [0.15, 0.2) is 0 Å². The van der Waals surface area contributed by atoms with E-state index in [0.29, 0.717) is 43.6 Å². The fourth-order valence-electron chi connectivity index (χ4n) is 10.6. The van der Waals surface area contributed by atoms with Crippen LogP contribution in [0.15, 0.2) is 106 Å². The number of ether oxygens (including phenoxy) is 1. The number of hydrogen-bond acceptors (Lipinski definition) is 7. The number of nitrogens with zero attached hydrogens (tertiary/aromatic N) is 4. The number of aromatic nitrogens is 4. The number of furan rings is 2. The topological polar surface area (TPSA) is 87.1 Å². The molecule has 7 nitrogen and oxygen atoms in total. The van der Waals surface area contributed by atoms with Crippen molar-refractivity contribution in [3.05, 3.63) is 126 Å². The number of alkyl halides is 2. The molecule has 0 amide bonds. The van der Waals surface area contributed by atoms with Gasteiger partial charge in [-0.3, -0.25) is 9.97 Å². The average Bonchev–Trinajstić information content (AvgIpc) is 4.24. The third kappa shape index (κ3) is 12.4. The van der Waals surface area contributed by atoms with E-state index >= 15 is 0 Å². The fraction of sp³-hybridized carbons (Fsp3) is 0.411. The Hall–Kier alpha value is -3.28. The number of rotatable bonds is 5. The Kier molecular flexibility index (Phi) is 18.3. The second kappa shape index (κ2) is 24.5. The van der Waals surface area contributed by atoms with Crippen molar-refractivity contribution in [2.24, 2.45) is 23.7 Å². The van der Waals surface area contributed by atoms with Gasteiger partial charge < -0.3 is 20.0 Å². The SMILES string of the molecule is C1CCOC1.CCC[I-]C.Cc1ccc2c(n1)oc1c(-c3cc(C4CC5CCC4C5)ccn3)cccc12.Cc1ccc2c(n1)oc1c(-c3cc(Cl)ccn3)cccc12.[CH-]1CC2CCC1C2.[Zn+][Br]. The summed E-state index contributed by atoms with van der Waals surface area (Å²) in [6.45, 7) is 8.18. The minimum atomic E-state index is 0.607. The molecule has 4 saturated carbocycles. The van der Waals surface area contributed by atoms with Crippen molar-refractivity contribution in [3.63, 3.8) is 0 Å². The van der Waals surface area contributed by atoms with E-state index in [0.717, 1.165) is 103 Å². The molecule has 2 aromatic carbocycles. The van der Waals surface area contributed by atoms with Crippen molar-refractivity contribution in [1.29, 1.82) is 0 Å². The third-order valence-corrected chi connectivity index (χ3v) is 16.2. The van der Waals surface area contributed by atoms with E-state index < -0.39 is 0 Å². The molecule has 1 saturated heterocycles. The van der Waals surface area contributed by atoms with Gasteiger partial charge in [-0.15, -0.1) is 0 Å². The van der Waals surface area contributed by atoms with Gasteiger partial charge in [-0.1, -0.05) is 67.5 Å². The van der Waals surface area contributed by atoms with E-state index in [1.54, 1.807) is 12.3 Å². The standard InChI is InChI=1S/C24H22N2O.C17H11ClN2O.C7H11.C4H10I.C4H8O.BrH.Zn/c1-14-5-8-19-18-3-2-4-20(23(18)27-24(19)26-14)22-13-17(9-10-25-22)21-12-15-6-7-16(21)11-15;1-10-5-6-13-12-3-2-4-14(16(12)21-17(13)20-10)15-9-11(18)7-8-19-15;1-2-7-4-3-6(1)5-7;1-3-4-5-2;1-2-4-5-3-1;;/h2-5,8-10,13,15-16,21H,6-7,11-12H2,1H3;2-9H,1H3;1,6-7H,2-5H2;3-4H2,1-2H3;1-4H2;1H;/q;;2*-1;;;+2/p-1. The molecule has 67 heavy (non-hydrogen) atoms. The predicted molar refractivity (Wildman–Crippen MR) is 272 cm³/mol. The Morgan fingerprint density at radius 3 is 1.75 bits per heavy atom. The first-order valence-electron chi connectivity index (χ1n) is 24.1. The number of pyridine rings is 4. The molecule has 5 aliphatic rings. The molecule has 8 aromatic rings. The zero-order chi connectivity index (χ0) is 46.7. The van der Waals surface area contributed by atoms with Crippen molar-refractivity contribution in [2.45, 2.75) is 97.3 Å². The molecule has 5 fully saturated rings.